The molecule has 1 aromatic rings. The van der Waals surface area contributed by atoms with Gasteiger partial charge in [-0.2, -0.15) is 0 Å². The molecule has 1 aliphatic heterocycles. The fraction of sp³-hybridized carbons (Fsp3) is 0.636. The van der Waals surface area contributed by atoms with Crippen molar-refractivity contribution in [3.8, 4) is 5.75 Å². The number of aliphatic hydroxyl groups is 1. The SMILES string of the molecule is C=C(C)C(O)OCC1COC(c2cc(C(C)(C)C)c(O)c(C(C)(C)C)c2)O1. The van der Waals surface area contributed by atoms with Gasteiger partial charge < -0.3 is 24.4 Å². The van der Waals surface area contributed by atoms with Gasteiger partial charge in [0.2, 0.25) is 0 Å². The molecule has 1 aromatic carbocycles. The maximum atomic E-state index is 10.8. The molecule has 0 aliphatic carbocycles. The molecule has 0 bridgehead atoms. The number of hydrogen-bond acceptors (Lipinski definition) is 5. The van der Waals surface area contributed by atoms with Crippen molar-refractivity contribution in [2.45, 2.75) is 78.0 Å². The van der Waals surface area contributed by atoms with Crippen LogP contribution < -0.4 is 0 Å². The Bertz CT molecular complexity index is 646. The van der Waals surface area contributed by atoms with E-state index in [4.69, 9.17) is 14.2 Å². The maximum absolute atomic E-state index is 10.8. The van der Waals surface area contributed by atoms with Gasteiger partial charge in [-0.15, -0.1) is 0 Å². The lowest BCUT2D eigenvalue weighted by Crippen LogP contribution is -2.23. The quantitative estimate of drug-likeness (QED) is 0.590. The molecule has 3 unspecified atom stereocenters. The highest BCUT2D eigenvalue weighted by Gasteiger charge is 2.32. The lowest BCUT2D eigenvalue weighted by molar-refractivity contribution is -0.116. The molecule has 152 valence electrons. The number of aromatic hydroxyl groups is 1. The molecule has 1 fully saturated rings. The van der Waals surface area contributed by atoms with Gasteiger partial charge in [0.05, 0.1) is 13.2 Å². The fourth-order valence-electron chi connectivity index (χ4n) is 2.99. The predicted octanol–water partition coefficient (Wildman–Crippen LogP) is 4.31. The van der Waals surface area contributed by atoms with E-state index in [2.05, 4.69) is 48.1 Å². The van der Waals surface area contributed by atoms with Crippen LogP contribution in [0.5, 0.6) is 5.75 Å². The first-order valence-electron chi connectivity index (χ1n) is 9.40. The molecule has 2 N–H and O–H groups in total. The number of aliphatic hydroxyl groups excluding tert-OH is 1. The second kappa shape index (κ2) is 7.92. The molecule has 1 aliphatic rings. The number of ether oxygens (including phenoxy) is 3. The number of phenolic OH excluding ortho intramolecular Hbond substituents is 1. The van der Waals surface area contributed by atoms with E-state index in [1.54, 1.807) is 6.92 Å². The van der Waals surface area contributed by atoms with Crippen molar-refractivity contribution >= 4 is 0 Å². The minimum absolute atomic E-state index is 0.215. The average Bonchev–Trinajstić information content (AvgIpc) is 2.99. The van der Waals surface area contributed by atoms with Crippen LogP contribution in [0.1, 0.15) is 71.4 Å². The Morgan fingerprint density at radius 2 is 1.70 bits per heavy atom. The molecule has 2 rings (SSSR count). The van der Waals surface area contributed by atoms with Crippen molar-refractivity contribution < 1.29 is 24.4 Å². The molecule has 1 saturated heterocycles. The van der Waals surface area contributed by atoms with Crippen molar-refractivity contribution in [2.24, 2.45) is 0 Å². The highest BCUT2D eigenvalue weighted by molar-refractivity contribution is 5.50. The molecule has 5 nitrogen and oxygen atoms in total. The summed E-state index contributed by atoms with van der Waals surface area (Å²) in [6.45, 7) is 18.4. The Labute approximate surface area is 163 Å². The Kier molecular flexibility index (Phi) is 6.42. The lowest BCUT2D eigenvalue weighted by Gasteiger charge is -2.29. The van der Waals surface area contributed by atoms with E-state index >= 15 is 0 Å². The molecule has 3 atom stereocenters. The summed E-state index contributed by atoms with van der Waals surface area (Å²) < 4.78 is 17.2. The summed E-state index contributed by atoms with van der Waals surface area (Å²) in [5.74, 6) is 0.334. The van der Waals surface area contributed by atoms with Crippen LogP contribution in [0.3, 0.4) is 0 Å². The van der Waals surface area contributed by atoms with Gasteiger partial charge in [-0.3, -0.25) is 0 Å². The largest absolute Gasteiger partial charge is 0.507 e. The third-order valence-corrected chi connectivity index (χ3v) is 4.63. The van der Waals surface area contributed by atoms with Crippen LogP contribution >= 0.6 is 0 Å². The van der Waals surface area contributed by atoms with E-state index in [1.165, 1.54) is 0 Å². The lowest BCUT2D eigenvalue weighted by atomic mass is 9.78. The van der Waals surface area contributed by atoms with E-state index in [-0.39, 0.29) is 23.5 Å². The summed E-state index contributed by atoms with van der Waals surface area (Å²) >= 11 is 0. The molecule has 0 spiro atoms. The van der Waals surface area contributed by atoms with Crippen molar-refractivity contribution in [3.05, 3.63) is 41.0 Å². The molecular formula is C22H34O5. The Morgan fingerprint density at radius 3 is 2.15 bits per heavy atom. The molecule has 1 heterocycles. The normalized spacial score (nSPS) is 22.1. The number of rotatable bonds is 5. The van der Waals surface area contributed by atoms with Gasteiger partial charge in [0.15, 0.2) is 12.6 Å². The van der Waals surface area contributed by atoms with Crippen molar-refractivity contribution in [1.82, 2.24) is 0 Å². The molecular weight excluding hydrogens is 344 g/mol. The van der Waals surface area contributed by atoms with Crippen LogP contribution in [0.15, 0.2) is 24.3 Å². The second-order valence-electron chi connectivity index (χ2n) is 9.42. The van der Waals surface area contributed by atoms with E-state index < -0.39 is 12.6 Å². The highest BCUT2D eigenvalue weighted by Crippen LogP contribution is 2.42. The van der Waals surface area contributed by atoms with Gasteiger partial charge in [-0.25, -0.2) is 0 Å². The summed E-state index contributed by atoms with van der Waals surface area (Å²) in [7, 11) is 0. The Balaban J connectivity index is 2.25. The predicted molar refractivity (Wildman–Crippen MR) is 106 cm³/mol. The van der Waals surface area contributed by atoms with E-state index in [0.29, 0.717) is 17.9 Å². The first-order valence-corrected chi connectivity index (χ1v) is 9.40. The van der Waals surface area contributed by atoms with Crippen LogP contribution in [0.25, 0.3) is 0 Å². The topological polar surface area (TPSA) is 68.2 Å². The summed E-state index contributed by atoms with van der Waals surface area (Å²) in [4.78, 5) is 0. The third-order valence-electron chi connectivity index (χ3n) is 4.63. The standard InChI is InChI=1S/C22H34O5/c1-13(2)19(24)25-11-15-12-26-20(27-15)14-9-16(21(3,4)5)18(23)17(10-14)22(6,7)8/h9-10,15,19-20,23-24H,1,11-12H2,2-8H3. The molecule has 0 saturated carbocycles. The Hall–Kier alpha value is -1.40. The van der Waals surface area contributed by atoms with Gasteiger partial charge in [0, 0.05) is 5.56 Å². The third kappa shape index (κ3) is 5.32. The van der Waals surface area contributed by atoms with E-state index in [9.17, 15) is 10.2 Å². The first-order chi connectivity index (χ1) is 12.3. The van der Waals surface area contributed by atoms with E-state index in [0.717, 1.165) is 16.7 Å². The molecule has 0 aromatic heterocycles. The minimum atomic E-state index is -0.999. The zero-order chi connectivity index (χ0) is 20.6. The van der Waals surface area contributed by atoms with Crippen molar-refractivity contribution in [2.75, 3.05) is 13.2 Å². The zero-order valence-corrected chi connectivity index (χ0v) is 17.6. The summed E-state index contributed by atoms with van der Waals surface area (Å²) in [6, 6.07) is 3.92. The van der Waals surface area contributed by atoms with Gasteiger partial charge in [-0.05, 0) is 46.6 Å². The smallest absolute Gasteiger partial charge is 0.184 e. The van der Waals surface area contributed by atoms with E-state index in [1.807, 2.05) is 12.1 Å². The van der Waals surface area contributed by atoms with Gasteiger partial charge in [0.25, 0.3) is 0 Å². The zero-order valence-electron chi connectivity index (χ0n) is 17.6. The average molecular weight is 379 g/mol. The second-order valence-corrected chi connectivity index (χ2v) is 9.42. The van der Waals surface area contributed by atoms with Crippen LogP contribution in [0.4, 0.5) is 0 Å². The highest BCUT2D eigenvalue weighted by atomic mass is 16.7. The monoisotopic (exact) mass is 378 g/mol. The van der Waals surface area contributed by atoms with Crippen LogP contribution in [0, 0.1) is 0 Å². The maximum Gasteiger partial charge on any atom is 0.184 e. The summed E-state index contributed by atoms with van der Waals surface area (Å²) in [5, 5.41) is 20.5. The number of hydrogen-bond donors (Lipinski definition) is 2. The van der Waals surface area contributed by atoms with Gasteiger partial charge in [-0.1, -0.05) is 48.1 Å². The van der Waals surface area contributed by atoms with Gasteiger partial charge in [0.1, 0.15) is 11.9 Å². The van der Waals surface area contributed by atoms with Crippen molar-refractivity contribution in [3.63, 3.8) is 0 Å². The minimum Gasteiger partial charge on any atom is -0.507 e. The summed E-state index contributed by atoms with van der Waals surface area (Å²) in [5.41, 5.74) is 2.74. The Morgan fingerprint density at radius 1 is 1.19 bits per heavy atom. The molecule has 5 heteroatoms. The van der Waals surface area contributed by atoms with Crippen LogP contribution in [-0.2, 0) is 25.0 Å². The molecule has 0 radical (unpaired) electrons. The first kappa shape index (κ1) is 21.9. The fourth-order valence-corrected chi connectivity index (χ4v) is 2.99. The van der Waals surface area contributed by atoms with Gasteiger partial charge >= 0.3 is 0 Å². The van der Waals surface area contributed by atoms with Crippen molar-refractivity contribution in [1.29, 1.82) is 0 Å². The van der Waals surface area contributed by atoms with Crippen LogP contribution in [0.2, 0.25) is 0 Å². The van der Waals surface area contributed by atoms with Crippen LogP contribution in [-0.4, -0.2) is 35.8 Å². The molecule has 27 heavy (non-hydrogen) atoms. The number of phenols is 1. The summed E-state index contributed by atoms with van der Waals surface area (Å²) in [6.07, 6.45) is -1.79. The molecule has 0 amide bonds. The number of benzene rings is 1.